The fraction of sp³-hybridized carbons (Fsp3) is 0.385. The van der Waals surface area contributed by atoms with E-state index in [9.17, 15) is 4.39 Å². The van der Waals surface area contributed by atoms with E-state index in [4.69, 9.17) is 11.6 Å². The molecule has 1 fully saturated rings. The van der Waals surface area contributed by atoms with Crippen LogP contribution < -0.4 is 0 Å². The Labute approximate surface area is 109 Å². The number of nitrogens with one attached hydrogen (secondary N) is 1. The number of H-pyrrole nitrogens is 1. The first-order chi connectivity index (χ1) is 8.74. The molecule has 0 amide bonds. The van der Waals surface area contributed by atoms with Crippen LogP contribution in [0.2, 0.25) is 5.02 Å². The third-order valence-electron chi connectivity index (χ3n) is 3.42. The van der Waals surface area contributed by atoms with Crippen molar-refractivity contribution in [1.29, 1.82) is 0 Å². The first-order valence-corrected chi connectivity index (χ1v) is 6.49. The molecule has 0 spiro atoms. The van der Waals surface area contributed by atoms with Gasteiger partial charge in [-0.1, -0.05) is 24.4 Å². The second-order valence-corrected chi connectivity index (χ2v) is 5.06. The van der Waals surface area contributed by atoms with Crippen LogP contribution in [0.5, 0.6) is 0 Å². The molecular formula is C13H13ClFN3. The lowest BCUT2D eigenvalue weighted by atomic mass is 10.1. The average Bonchev–Trinajstić information content (AvgIpc) is 3.01. The van der Waals surface area contributed by atoms with E-state index in [1.807, 2.05) is 0 Å². The lowest BCUT2D eigenvalue weighted by Gasteiger charge is -2.02. The number of hydrogen-bond donors (Lipinski definition) is 1. The Kier molecular flexibility index (Phi) is 3.04. The SMILES string of the molecule is Fc1cc(-c2n[nH]c(C3CCCC3)n2)ccc1Cl. The van der Waals surface area contributed by atoms with Crippen molar-refractivity contribution in [3.8, 4) is 11.4 Å². The van der Waals surface area contributed by atoms with Crippen LogP contribution in [0.1, 0.15) is 37.4 Å². The summed E-state index contributed by atoms with van der Waals surface area (Å²) in [6, 6.07) is 4.62. The molecule has 3 rings (SSSR count). The minimum Gasteiger partial charge on any atom is -0.262 e. The van der Waals surface area contributed by atoms with E-state index in [0.29, 0.717) is 17.3 Å². The molecular weight excluding hydrogens is 253 g/mol. The molecule has 0 aliphatic heterocycles. The molecule has 1 heterocycles. The highest BCUT2D eigenvalue weighted by atomic mass is 35.5. The maximum atomic E-state index is 13.4. The van der Waals surface area contributed by atoms with Gasteiger partial charge in [0.2, 0.25) is 0 Å². The number of nitrogens with zero attached hydrogens (tertiary/aromatic N) is 2. The van der Waals surface area contributed by atoms with Crippen molar-refractivity contribution >= 4 is 11.6 Å². The number of rotatable bonds is 2. The predicted octanol–water partition coefficient (Wildman–Crippen LogP) is 3.92. The van der Waals surface area contributed by atoms with E-state index in [-0.39, 0.29) is 5.02 Å². The summed E-state index contributed by atoms with van der Waals surface area (Å²) in [6.45, 7) is 0. The van der Waals surface area contributed by atoms with Crippen LogP contribution in [0.4, 0.5) is 4.39 Å². The summed E-state index contributed by atoms with van der Waals surface area (Å²) in [6.07, 6.45) is 4.81. The Bertz CT molecular complexity index is 561. The van der Waals surface area contributed by atoms with Crippen LogP contribution in [0, 0.1) is 5.82 Å². The van der Waals surface area contributed by atoms with E-state index < -0.39 is 5.82 Å². The normalized spacial score (nSPS) is 16.3. The summed E-state index contributed by atoms with van der Waals surface area (Å²) in [5, 5.41) is 7.24. The summed E-state index contributed by atoms with van der Waals surface area (Å²) in [5.74, 6) is 1.48. The number of benzene rings is 1. The predicted molar refractivity (Wildman–Crippen MR) is 68.0 cm³/mol. The monoisotopic (exact) mass is 265 g/mol. The lowest BCUT2D eigenvalue weighted by molar-refractivity contribution is 0.628. The third-order valence-corrected chi connectivity index (χ3v) is 3.73. The van der Waals surface area contributed by atoms with E-state index in [0.717, 1.165) is 18.7 Å². The van der Waals surface area contributed by atoms with Gasteiger partial charge in [-0.2, -0.15) is 5.10 Å². The van der Waals surface area contributed by atoms with Crippen LogP contribution in [-0.2, 0) is 0 Å². The van der Waals surface area contributed by atoms with E-state index in [1.54, 1.807) is 6.07 Å². The van der Waals surface area contributed by atoms with Gasteiger partial charge in [-0.05, 0) is 31.0 Å². The van der Waals surface area contributed by atoms with Crippen molar-refractivity contribution in [2.45, 2.75) is 31.6 Å². The molecule has 0 bridgehead atoms. The highest BCUT2D eigenvalue weighted by molar-refractivity contribution is 6.30. The van der Waals surface area contributed by atoms with Crippen molar-refractivity contribution in [2.24, 2.45) is 0 Å². The molecule has 18 heavy (non-hydrogen) atoms. The van der Waals surface area contributed by atoms with Gasteiger partial charge in [0, 0.05) is 11.5 Å². The second kappa shape index (κ2) is 4.69. The van der Waals surface area contributed by atoms with E-state index in [2.05, 4.69) is 15.2 Å². The smallest absolute Gasteiger partial charge is 0.181 e. The molecule has 5 heteroatoms. The van der Waals surface area contributed by atoms with Gasteiger partial charge >= 0.3 is 0 Å². The zero-order valence-corrected chi connectivity index (χ0v) is 10.5. The number of hydrogen-bond acceptors (Lipinski definition) is 2. The average molecular weight is 266 g/mol. The second-order valence-electron chi connectivity index (χ2n) is 4.65. The van der Waals surface area contributed by atoms with Crippen molar-refractivity contribution in [3.05, 3.63) is 34.9 Å². The fourth-order valence-corrected chi connectivity index (χ4v) is 2.54. The summed E-state index contributed by atoms with van der Waals surface area (Å²) in [7, 11) is 0. The minimum atomic E-state index is -0.443. The van der Waals surface area contributed by atoms with E-state index >= 15 is 0 Å². The Morgan fingerprint density at radius 1 is 1.28 bits per heavy atom. The molecule has 1 aliphatic rings. The van der Waals surface area contributed by atoms with Crippen molar-refractivity contribution in [2.75, 3.05) is 0 Å². The first-order valence-electron chi connectivity index (χ1n) is 6.12. The molecule has 1 N–H and O–H groups in total. The Hall–Kier alpha value is -1.42. The molecule has 94 valence electrons. The molecule has 0 saturated heterocycles. The van der Waals surface area contributed by atoms with Crippen LogP contribution >= 0.6 is 11.6 Å². The highest BCUT2D eigenvalue weighted by Crippen LogP contribution is 2.32. The number of halogens is 2. The standard InChI is InChI=1S/C13H13ClFN3/c14-10-6-5-9(7-11(10)15)13-16-12(17-18-13)8-3-1-2-4-8/h5-8H,1-4H2,(H,16,17,18). The number of aromatic nitrogens is 3. The van der Waals surface area contributed by atoms with Gasteiger partial charge in [0.05, 0.1) is 5.02 Å². The van der Waals surface area contributed by atoms with Gasteiger partial charge in [-0.25, -0.2) is 9.37 Å². The first kappa shape index (κ1) is 11.7. The third kappa shape index (κ3) is 2.12. The van der Waals surface area contributed by atoms with Crippen molar-refractivity contribution in [3.63, 3.8) is 0 Å². The topological polar surface area (TPSA) is 41.6 Å². The van der Waals surface area contributed by atoms with Crippen LogP contribution in [0.15, 0.2) is 18.2 Å². The maximum absolute atomic E-state index is 13.4. The zero-order chi connectivity index (χ0) is 12.5. The number of aromatic amines is 1. The molecule has 1 aromatic carbocycles. The minimum absolute atomic E-state index is 0.116. The van der Waals surface area contributed by atoms with Gasteiger partial charge in [-0.15, -0.1) is 0 Å². The summed E-state index contributed by atoms with van der Waals surface area (Å²) < 4.78 is 13.4. The van der Waals surface area contributed by atoms with Crippen LogP contribution in [0.25, 0.3) is 11.4 Å². The van der Waals surface area contributed by atoms with Gasteiger partial charge in [0.15, 0.2) is 5.82 Å². The lowest BCUT2D eigenvalue weighted by Crippen LogP contribution is -1.94. The van der Waals surface area contributed by atoms with Crippen molar-refractivity contribution in [1.82, 2.24) is 15.2 Å². The Morgan fingerprint density at radius 3 is 2.78 bits per heavy atom. The van der Waals surface area contributed by atoms with Crippen LogP contribution in [-0.4, -0.2) is 15.2 Å². The molecule has 1 aromatic heterocycles. The quantitative estimate of drug-likeness (QED) is 0.894. The fourth-order valence-electron chi connectivity index (χ4n) is 2.42. The summed E-state index contributed by atoms with van der Waals surface area (Å²) in [4.78, 5) is 4.46. The molecule has 1 saturated carbocycles. The molecule has 0 atom stereocenters. The highest BCUT2D eigenvalue weighted by Gasteiger charge is 2.21. The van der Waals surface area contributed by atoms with Gasteiger partial charge in [0.25, 0.3) is 0 Å². The molecule has 0 unspecified atom stereocenters. The van der Waals surface area contributed by atoms with Crippen molar-refractivity contribution < 1.29 is 4.39 Å². The van der Waals surface area contributed by atoms with E-state index in [1.165, 1.54) is 25.0 Å². The van der Waals surface area contributed by atoms with Gasteiger partial charge < -0.3 is 0 Å². The molecule has 0 radical (unpaired) electrons. The van der Waals surface area contributed by atoms with Gasteiger partial charge in [0.1, 0.15) is 11.6 Å². The maximum Gasteiger partial charge on any atom is 0.181 e. The molecule has 1 aliphatic carbocycles. The molecule has 3 nitrogen and oxygen atoms in total. The Balaban J connectivity index is 1.89. The van der Waals surface area contributed by atoms with Gasteiger partial charge in [-0.3, -0.25) is 5.10 Å². The van der Waals surface area contributed by atoms with Crippen LogP contribution in [0.3, 0.4) is 0 Å². The summed E-state index contributed by atoms with van der Waals surface area (Å²) in [5.41, 5.74) is 0.650. The Morgan fingerprint density at radius 2 is 2.06 bits per heavy atom. The zero-order valence-electron chi connectivity index (χ0n) is 9.79. The summed E-state index contributed by atoms with van der Waals surface area (Å²) >= 11 is 5.65. The largest absolute Gasteiger partial charge is 0.262 e. The molecule has 2 aromatic rings.